The van der Waals surface area contributed by atoms with Crippen LogP contribution in [0.4, 0.5) is 0 Å². The molecule has 2 atom stereocenters. The minimum Gasteiger partial charge on any atom is -0.496 e. The Hall–Kier alpha value is -0.800. The van der Waals surface area contributed by atoms with Crippen LogP contribution in [0.3, 0.4) is 0 Å². The number of alkyl halides is 1. The van der Waals surface area contributed by atoms with E-state index in [1.165, 1.54) is 25.7 Å². The highest BCUT2D eigenvalue weighted by Crippen LogP contribution is 2.27. The van der Waals surface area contributed by atoms with Gasteiger partial charge in [-0.05, 0) is 32.6 Å². The second-order valence-corrected chi connectivity index (χ2v) is 6.04. The van der Waals surface area contributed by atoms with E-state index in [-0.39, 0.29) is 0 Å². The maximum Gasteiger partial charge on any atom is 0.128 e. The molecular formula is C16H25ClN2O. The number of pyridine rings is 1. The van der Waals surface area contributed by atoms with Gasteiger partial charge in [-0.25, -0.2) is 0 Å². The van der Waals surface area contributed by atoms with Gasteiger partial charge in [-0.2, -0.15) is 0 Å². The van der Waals surface area contributed by atoms with Crippen LogP contribution in [0.2, 0.25) is 0 Å². The Morgan fingerprint density at radius 3 is 2.80 bits per heavy atom. The molecule has 0 amide bonds. The van der Waals surface area contributed by atoms with E-state index < -0.39 is 0 Å². The number of aryl methyl sites for hydroxylation is 1. The van der Waals surface area contributed by atoms with Crippen molar-refractivity contribution < 1.29 is 4.74 Å². The molecule has 1 heterocycles. The Kier molecular flexibility index (Phi) is 5.67. The van der Waals surface area contributed by atoms with Crippen LogP contribution in [0.5, 0.6) is 5.75 Å². The van der Waals surface area contributed by atoms with Gasteiger partial charge in [-0.15, -0.1) is 11.6 Å². The van der Waals surface area contributed by atoms with Gasteiger partial charge in [0.2, 0.25) is 0 Å². The number of hydrogen-bond acceptors (Lipinski definition) is 3. The number of nitrogens with zero attached hydrogens (tertiary/aromatic N) is 1. The van der Waals surface area contributed by atoms with Crippen LogP contribution in [0.1, 0.15) is 42.5 Å². The van der Waals surface area contributed by atoms with Gasteiger partial charge < -0.3 is 10.1 Å². The molecule has 1 aromatic heterocycles. The third kappa shape index (κ3) is 3.44. The zero-order valence-electron chi connectivity index (χ0n) is 12.7. The quantitative estimate of drug-likeness (QED) is 0.843. The fourth-order valence-electron chi connectivity index (χ4n) is 3.14. The lowest BCUT2D eigenvalue weighted by Gasteiger charge is -2.31. The van der Waals surface area contributed by atoms with Crippen molar-refractivity contribution in [2.75, 3.05) is 13.0 Å². The van der Waals surface area contributed by atoms with Crippen LogP contribution in [-0.2, 0) is 6.54 Å². The summed E-state index contributed by atoms with van der Waals surface area (Å²) in [5.41, 5.74) is 3.30. The largest absolute Gasteiger partial charge is 0.496 e. The fourth-order valence-corrected chi connectivity index (χ4v) is 3.51. The van der Waals surface area contributed by atoms with E-state index in [0.29, 0.717) is 12.0 Å². The number of rotatable bonds is 5. The van der Waals surface area contributed by atoms with E-state index in [1.54, 1.807) is 7.11 Å². The van der Waals surface area contributed by atoms with Crippen molar-refractivity contribution in [1.82, 2.24) is 10.3 Å². The number of methoxy groups -OCH3 is 1. The second-order valence-electron chi connectivity index (χ2n) is 5.73. The van der Waals surface area contributed by atoms with E-state index in [4.69, 9.17) is 16.3 Å². The molecule has 112 valence electrons. The summed E-state index contributed by atoms with van der Waals surface area (Å²) in [6, 6.07) is 0.523. The minimum atomic E-state index is 0.523. The van der Waals surface area contributed by atoms with Gasteiger partial charge in [-0.3, -0.25) is 4.98 Å². The van der Waals surface area contributed by atoms with E-state index >= 15 is 0 Å². The van der Waals surface area contributed by atoms with Crippen LogP contribution < -0.4 is 10.1 Å². The first-order valence-corrected chi connectivity index (χ1v) is 7.99. The van der Waals surface area contributed by atoms with Gasteiger partial charge in [0.25, 0.3) is 0 Å². The van der Waals surface area contributed by atoms with E-state index in [9.17, 15) is 0 Å². The van der Waals surface area contributed by atoms with Gasteiger partial charge in [-0.1, -0.05) is 12.8 Å². The summed E-state index contributed by atoms with van der Waals surface area (Å²) in [5, 5.41) is 3.65. The minimum absolute atomic E-state index is 0.523. The van der Waals surface area contributed by atoms with Gasteiger partial charge in [0.05, 0.1) is 12.8 Å². The van der Waals surface area contributed by atoms with Crippen molar-refractivity contribution in [3.8, 4) is 5.75 Å². The van der Waals surface area contributed by atoms with E-state index in [2.05, 4.69) is 17.2 Å². The summed E-state index contributed by atoms with van der Waals surface area (Å²) in [5.74, 6) is 2.30. The van der Waals surface area contributed by atoms with E-state index in [0.717, 1.165) is 35.0 Å². The number of aromatic nitrogens is 1. The van der Waals surface area contributed by atoms with Crippen molar-refractivity contribution in [1.29, 1.82) is 0 Å². The molecule has 1 fully saturated rings. The number of ether oxygens (including phenoxy) is 1. The topological polar surface area (TPSA) is 34.1 Å². The summed E-state index contributed by atoms with van der Waals surface area (Å²) in [6.45, 7) is 4.90. The first-order valence-electron chi connectivity index (χ1n) is 7.45. The molecular weight excluding hydrogens is 272 g/mol. The highest BCUT2D eigenvalue weighted by atomic mass is 35.5. The number of nitrogens with one attached hydrogen (secondary N) is 1. The molecule has 0 aliphatic heterocycles. The number of hydrogen-bond donors (Lipinski definition) is 1. The molecule has 1 N–H and O–H groups in total. The van der Waals surface area contributed by atoms with Crippen molar-refractivity contribution >= 4 is 11.6 Å². The van der Waals surface area contributed by atoms with Crippen LogP contribution in [0, 0.1) is 19.8 Å². The fraction of sp³-hybridized carbons (Fsp3) is 0.688. The molecule has 2 rings (SSSR count). The highest BCUT2D eigenvalue weighted by Gasteiger charge is 2.24. The monoisotopic (exact) mass is 296 g/mol. The molecule has 20 heavy (non-hydrogen) atoms. The molecule has 2 unspecified atom stereocenters. The van der Waals surface area contributed by atoms with Gasteiger partial charge in [0.15, 0.2) is 0 Å². The normalized spacial score (nSPS) is 22.8. The van der Waals surface area contributed by atoms with Crippen molar-refractivity contribution in [2.24, 2.45) is 5.92 Å². The average molecular weight is 297 g/mol. The molecule has 0 saturated heterocycles. The summed E-state index contributed by atoms with van der Waals surface area (Å²) in [7, 11) is 1.72. The third-order valence-corrected chi connectivity index (χ3v) is 4.79. The summed E-state index contributed by atoms with van der Waals surface area (Å²) >= 11 is 6.08. The Morgan fingerprint density at radius 2 is 2.10 bits per heavy atom. The Labute approximate surface area is 127 Å². The lowest BCUT2D eigenvalue weighted by molar-refractivity contribution is 0.281. The predicted octanol–water partition coefficient (Wildman–Crippen LogP) is 3.59. The Morgan fingerprint density at radius 1 is 1.35 bits per heavy atom. The predicted molar refractivity (Wildman–Crippen MR) is 83.6 cm³/mol. The van der Waals surface area contributed by atoms with Crippen LogP contribution in [0.15, 0.2) is 6.20 Å². The van der Waals surface area contributed by atoms with Crippen molar-refractivity contribution in [3.63, 3.8) is 0 Å². The molecule has 1 aromatic rings. The Balaban J connectivity index is 2.03. The molecule has 1 aliphatic rings. The van der Waals surface area contributed by atoms with Gasteiger partial charge in [0.1, 0.15) is 5.75 Å². The van der Waals surface area contributed by atoms with Crippen LogP contribution >= 0.6 is 11.6 Å². The van der Waals surface area contributed by atoms with Crippen LogP contribution in [0.25, 0.3) is 0 Å². The molecule has 0 radical (unpaired) electrons. The molecule has 4 heteroatoms. The Bertz CT molecular complexity index is 450. The smallest absolute Gasteiger partial charge is 0.128 e. The molecule has 0 spiro atoms. The van der Waals surface area contributed by atoms with E-state index in [1.807, 2.05) is 13.1 Å². The number of halogens is 1. The lowest BCUT2D eigenvalue weighted by Crippen LogP contribution is -2.39. The van der Waals surface area contributed by atoms with Crippen molar-refractivity contribution in [2.45, 2.75) is 52.1 Å². The maximum absolute atomic E-state index is 6.08. The summed E-state index contributed by atoms with van der Waals surface area (Å²) < 4.78 is 5.46. The first kappa shape index (κ1) is 15.6. The molecule has 3 nitrogen and oxygen atoms in total. The van der Waals surface area contributed by atoms with Crippen molar-refractivity contribution in [3.05, 3.63) is 23.0 Å². The maximum atomic E-state index is 6.08. The molecule has 0 aromatic carbocycles. The third-order valence-electron chi connectivity index (χ3n) is 4.39. The zero-order valence-corrected chi connectivity index (χ0v) is 13.5. The molecule has 1 aliphatic carbocycles. The standard InChI is InChI=1S/C16H25ClN2O/c1-11-9-18-15(12(2)16(11)20-3)10-19-14-7-5-4-6-13(14)8-17/h9,13-14,19H,4-8,10H2,1-3H3. The first-order chi connectivity index (χ1) is 9.67. The second kappa shape index (κ2) is 7.28. The summed E-state index contributed by atoms with van der Waals surface area (Å²) in [4.78, 5) is 4.55. The van der Waals surface area contributed by atoms with Gasteiger partial charge >= 0.3 is 0 Å². The average Bonchev–Trinajstić information content (AvgIpc) is 2.47. The molecule has 0 bridgehead atoms. The summed E-state index contributed by atoms with van der Waals surface area (Å²) in [6.07, 6.45) is 6.97. The molecule has 1 saturated carbocycles. The lowest BCUT2D eigenvalue weighted by atomic mass is 9.85. The SMILES string of the molecule is COc1c(C)cnc(CNC2CCCCC2CCl)c1C. The van der Waals surface area contributed by atoms with Gasteiger partial charge in [0, 0.05) is 35.8 Å². The van der Waals surface area contributed by atoms with Crippen LogP contribution in [-0.4, -0.2) is 24.0 Å². The zero-order chi connectivity index (χ0) is 14.5. The highest BCUT2D eigenvalue weighted by molar-refractivity contribution is 6.18.